The minimum Gasteiger partial charge on any atom is -0.383 e. The highest BCUT2D eigenvalue weighted by molar-refractivity contribution is 5.62. The molecule has 0 saturated heterocycles. The van der Waals surface area contributed by atoms with Crippen LogP contribution in [0.1, 0.15) is 27.8 Å². The van der Waals surface area contributed by atoms with Crippen molar-refractivity contribution in [1.29, 1.82) is 5.26 Å². The normalized spacial score (nSPS) is 13.2. The van der Waals surface area contributed by atoms with Gasteiger partial charge in [0.2, 0.25) is 0 Å². The predicted molar refractivity (Wildman–Crippen MR) is 79.2 cm³/mol. The first-order chi connectivity index (χ1) is 9.60. The van der Waals surface area contributed by atoms with Crippen LogP contribution in [-0.2, 0) is 13.1 Å². The molecule has 0 unspecified atom stereocenters. The summed E-state index contributed by atoms with van der Waals surface area (Å²) in [6.07, 6.45) is 1.79. The van der Waals surface area contributed by atoms with Gasteiger partial charge < -0.3 is 10.6 Å². The number of rotatable bonds is 1. The van der Waals surface area contributed by atoms with Crippen LogP contribution in [0.25, 0.3) is 0 Å². The third-order valence-corrected chi connectivity index (χ3v) is 3.82. The summed E-state index contributed by atoms with van der Waals surface area (Å²) in [4.78, 5) is 6.38. The second-order valence-corrected chi connectivity index (χ2v) is 5.28. The number of aryl methyl sites for hydroxylation is 2. The van der Waals surface area contributed by atoms with Crippen molar-refractivity contribution in [2.45, 2.75) is 26.9 Å². The number of nitrogens with zero attached hydrogens (tertiary/aromatic N) is 3. The summed E-state index contributed by atoms with van der Waals surface area (Å²) in [5.41, 5.74) is 12.1. The highest BCUT2D eigenvalue weighted by atomic mass is 15.1. The van der Waals surface area contributed by atoms with E-state index >= 15 is 0 Å². The molecule has 0 aliphatic carbocycles. The second kappa shape index (κ2) is 4.53. The van der Waals surface area contributed by atoms with E-state index in [1.807, 2.05) is 0 Å². The molecule has 0 saturated carbocycles. The maximum Gasteiger partial charge on any atom is 0.141 e. The number of nitriles is 1. The molecule has 0 spiro atoms. The van der Waals surface area contributed by atoms with Crippen molar-refractivity contribution >= 4 is 11.5 Å². The molecule has 0 amide bonds. The molecular formula is C16H16N4. The lowest BCUT2D eigenvalue weighted by Gasteiger charge is -2.20. The van der Waals surface area contributed by atoms with Crippen molar-refractivity contribution in [1.82, 2.24) is 4.98 Å². The third-order valence-electron chi connectivity index (χ3n) is 3.82. The smallest absolute Gasteiger partial charge is 0.141 e. The molecule has 2 aromatic rings. The van der Waals surface area contributed by atoms with E-state index in [-0.39, 0.29) is 0 Å². The minimum atomic E-state index is 0.328. The molecule has 4 heteroatoms. The van der Waals surface area contributed by atoms with Gasteiger partial charge in [-0.25, -0.2) is 4.98 Å². The number of pyridine rings is 1. The molecule has 4 nitrogen and oxygen atoms in total. The monoisotopic (exact) mass is 264 g/mol. The molecule has 1 aliphatic heterocycles. The van der Waals surface area contributed by atoms with E-state index in [2.05, 4.69) is 48.0 Å². The molecule has 1 aromatic carbocycles. The van der Waals surface area contributed by atoms with Gasteiger partial charge in [-0.05, 0) is 36.6 Å². The molecule has 1 aliphatic rings. The van der Waals surface area contributed by atoms with Gasteiger partial charge in [-0.2, -0.15) is 5.26 Å². The number of aromatic nitrogens is 1. The summed E-state index contributed by atoms with van der Waals surface area (Å²) >= 11 is 0. The highest BCUT2D eigenvalue weighted by Crippen LogP contribution is 2.33. The zero-order valence-electron chi connectivity index (χ0n) is 11.6. The Morgan fingerprint density at radius 2 is 2.10 bits per heavy atom. The van der Waals surface area contributed by atoms with E-state index < -0.39 is 0 Å². The zero-order chi connectivity index (χ0) is 14.3. The Balaban J connectivity index is 2.01. The molecule has 3 rings (SSSR count). The first-order valence-corrected chi connectivity index (χ1v) is 6.58. The van der Waals surface area contributed by atoms with Crippen LogP contribution in [0.5, 0.6) is 0 Å². The van der Waals surface area contributed by atoms with Gasteiger partial charge in [-0.3, -0.25) is 0 Å². The van der Waals surface area contributed by atoms with E-state index in [1.54, 1.807) is 6.20 Å². The lowest BCUT2D eigenvalue weighted by atomic mass is 10.1. The quantitative estimate of drug-likeness (QED) is 0.860. The van der Waals surface area contributed by atoms with Crippen LogP contribution >= 0.6 is 0 Å². The van der Waals surface area contributed by atoms with E-state index in [0.29, 0.717) is 11.4 Å². The first kappa shape index (κ1) is 12.5. The summed E-state index contributed by atoms with van der Waals surface area (Å²) in [6, 6.07) is 8.61. The number of fused-ring (bicyclic) bond motifs is 1. The summed E-state index contributed by atoms with van der Waals surface area (Å²) in [5, 5.41) is 9.24. The molecule has 0 bridgehead atoms. The van der Waals surface area contributed by atoms with Gasteiger partial charge in [0, 0.05) is 25.0 Å². The van der Waals surface area contributed by atoms with Gasteiger partial charge >= 0.3 is 0 Å². The number of benzene rings is 1. The van der Waals surface area contributed by atoms with E-state index in [9.17, 15) is 5.26 Å². The SMILES string of the molecule is Cc1ccc(N2Cc3cnc(N)c(C#N)c3C2)c(C)c1. The average Bonchev–Trinajstić information content (AvgIpc) is 2.82. The zero-order valence-corrected chi connectivity index (χ0v) is 11.6. The Kier molecular flexibility index (Phi) is 2.83. The van der Waals surface area contributed by atoms with Gasteiger partial charge in [-0.1, -0.05) is 17.7 Å². The molecule has 0 fully saturated rings. The molecule has 0 radical (unpaired) electrons. The number of hydrogen-bond donors (Lipinski definition) is 1. The van der Waals surface area contributed by atoms with E-state index in [1.165, 1.54) is 16.8 Å². The average molecular weight is 264 g/mol. The Bertz CT molecular complexity index is 728. The van der Waals surface area contributed by atoms with Crippen LogP contribution in [0.3, 0.4) is 0 Å². The number of hydrogen-bond acceptors (Lipinski definition) is 4. The topological polar surface area (TPSA) is 65.9 Å². The van der Waals surface area contributed by atoms with E-state index in [4.69, 9.17) is 5.73 Å². The van der Waals surface area contributed by atoms with Crippen LogP contribution in [0.4, 0.5) is 11.5 Å². The third kappa shape index (κ3) is 1.88. The van der Waals surface area contributed by atoms with Crippen LogP contribution < -0.4 is 10.6 Å². The Morgan fingerprint density at radius 1 is 1.30 bits per heavy atom. The van der Waals surface area contributed by atoms with Crippen LogP contribution in [0.15, 0.2) is 24.4 Å². The minimum absolute atomic E-state index is 0.328. The predicted octanol–water partition coefficient (Wildman–Crippen LogP) is 2.67. The first-order valence-electron chi connectivity index (χ1n) is 6.58. The molecule has 0 atom stereocenters. The summed E-state index contributed by atoms with van der Waals surface area (Å²) in [6.45, 7) is 5.70. The Hall–Kier alpha value is -2.54. The van der Waals surface area contributed by atoms with E-state index in [0.717, 1.165) is 24.2 Å². The van der Waals surface area contributed by atoms with Gasteiger partial charge in [0.25, 0.3) is 0 Å². The second-order valence-electron chi connectivity index (χ2n) is 5.28. The molecule has 1 aromatic heterocycles. The number of nitrogens with two attached hydrogens (primary N) is 1. The van der Waals surface area contributed by atoms with Gasteiger partial charge in [0.05, 0.1) is 5.56 Å². The van der Waals surface area contributed by atoms with Crippen molar-refractivity contribution < 1.29 is 0 Å². The largest absolute Gasteiger partial charge is 0.383 e. The van der Waals surface area contributed by atoms with Crippen molar-refractivity contribution in [3.63, 3.8) is 0 Å². The Morgan fingerprint density at radius 3 is 2.80 bits per heavy atom. The van der Waals surface area contributed by atoms with Crippen molar-refractivity contribution in [2.24, 2.45) is 0 Å². The molecule has 2 heterocycles. The lowest BCUT2D eigenvalue weighted by molar-refractivity contribution is 0.873. The van der Waals surface area contributed by atoms with Crippen LogP contribution in [0, 0.1) is 25.2 Å². The standard InChI is InChI=1S/C16H16N4/c1-10-3-4-15(11(2)5-10)20-8-12-7-19-16(18)13(6-17)14(12)9-20/h3-5,7H,8-9H2,1-2H3,(H2,18,19). The fraction of sp³-hybridized carbons (Fsp3) is 0.250. The van der Waals surface area contributed by atoms with Crippen molar-refractivity contribution in [3.8, 4) is 6.07 Å². The lowest BCUT2D eigenvalue weighted by Crippen LogP contribution is -2.15. The summed E-state index contributed by atoms with van der Waals surface area (Å²) < 4.78 is 0. The molecule has 2 N–H and O–H groups in total. The number of anilines is 2. The number of nitrogen functional groups attached to an aromatic ring is 1. The molecular weight excluding hydrogens is 248 g/mol. The van der Waals surface area contributed by atoms with Gasteiger partial charge in [-0.15, -0.1) is 0 Å². The summed E-state index contributed by atoms with van der Waals surface area (Å²) in [5.74, 6) is 0.328. The van der Waals surface area contributed by atoms with Crippen molar-refractivity contribution in [2.75, 3.05) is 10.6 Å². The fourth-order valence-electron chi connectivity index (χ4n) is 2.83. The van der Waals surface area contributed by atoms with Crippen molar-refractivity contribution in [3.05, 3.63) is 52.2 Å². The molecule has 20 heavy (non-hydrogen) atoms. The summed E-state index contributed by atoms with van der Waals surface area (Å²) in [7, 11) is 0. The fourth-order valence-corrected chi connectivity index (χ4v) is 2.83. The maximum absolute atomic E-state index is 9.24. The van der Waals surface area contributed by atoms with Crippen LogP contribution in [0.2, 0.25) is 0 Å². The molecule has 100 valence electrons. The Labute approximate surface area is 118 Å². The van der Waals surface area contributed by atoms with Crippen LogP contribution in [-0.4, -0.2) is 4.98 Å². The maximum atomic E-state index is 9.24. The van der Waals surface area contributed by atoms with Gasteiger partial charge in [0.1, 0.15) is 11.9 Å². The highest BCUT2D eigenvalue weighted by Gasteiger charge is 2.24. The van der Waals surface area contributed by atoms with Gasteiger partial charge in [0.15, 0.2) is 0 Å².